The van der Waals surface area contributed by atoms with Crippen LogP contribution in [0, 0.1) is 5.92 Å². The highest BCUT2D eigenvalue weighted by Gasteiger charge is 2.60. The lowest BCUT2D eigenvalue weighted by Gasteiger charge is -2.29. The minimum atomic E-state index is -0.949. The molecule has 1 N–H and O–H groups in total. The molecule has 0 radical (unpaired) electrons. The fourth-order valence-corrected chi connectivity index (χ4v) is 4.50. The third-order valence-electron chi connectivity index (χ3n) is 6.03. The Balaban J connectivity index is 1.53. The van der Waals surface area contributed by atoms with E-state index in [4.69, 9.17) is 9.57 Å². The van der Waals surface area contributed by atoms with Crippen molar-refractivity contribution in [2.45, 2.75) is 19.1 Å². The van der Waals surface area contributed by atoms with Gasteiger partial charge in [0.05, 0.1) is 24.5 Å². The molecule has 0 spiro atoms. The first-order chi connectivity index (χ1) is 16.5. The summed E-state index contributed by atoms with van der Waals surface area (Å²) in [6.45, 7) is 1.44. The lowest BCUT2D eigenvalue weighted by molar-refractivity contribution is -0.126. The lowest BCUT2D eigenvalue weighted by atomic mass is 9.90. The fourth-order valence-electron chi connectivity index (χ4n) is 4.50. The van der Waals surface area contributed by atoms with Crippen LogP contribution in [-0.4, -0.2) is 30.9 Å². The van der Waals surface area contributed by atoms with E-state index in [1.165, 1.54) is 11.8 Å². The molecule has 5 rings (SSSR count). The van der Waals surface area contributed by atoms with Gasteiger partial charge in [-0.3, -0.25) is 19.2 Å². The highest BCUT2D eigenvalue weighted by Crippen LogP contribution is 2.47. The van der Waals surface area contributed by atoms with Crippen molar-refractivity contribution >= 4 is 34.8 Å². The molecule has 0 aliphatic carbocycles. The van der Waals surface area contributed by atoms with Crippen molar-refractivity contribution in [2.75, 3.05) is 22.4 Å². The van der Waals surface area contributed by atoms with Gasteiger partial charge in [0.25, 0.3) is 5.91 Å². The van der Waals surface area contributed by atoms with Crippen molar-refractivity contribution in [3.63, 3.8) is 0 Å². The van der Waals surface area contributed by atoms with Gasteiger partial charge in [0, 0.05) is 12.6 Å². The molecule has 2 fully saturated rings. The van der Waals surface area contributed by atoms with Gasteiger partial charge in [-0.05, 0) is 54.1 Å². The Bertz CT molecular complexity index is 1230. The number of methoxy groups -OCH3 is 1. The molecule has 0 aromatic heterocycles. The van der Waals surface area contributed by atoms with Crippen molar-refractivity contribution in [1.29, 1.82) is 0 Å². The minimum absolute atomic E-state index is 0.172. The average molecular weight is 457 g/mol. The Morgan fingerprint density at radius 2 is 1.56 bits per heavy atom. The van der Waals surface area contributed by atoms with Gasteiger partial charge in [0.2, 0.25) is 11.8 Å². The maximum absolute atomic E-state index is 13.6. The number of carbonyl (C=O) groups excluding carboxylic acids is 3. The number of para-hydroxylation sites is 1. The van der Waals surface area contributed by atoms with E-state index in [1.54, 1.807) is 48.6 Å². The van der Waals surface area contributed by atoms with E-state index in [0.717, 1.165) is 11.3 Å². The molecule has 2 aliphatic rings. The maximum atomic E-state index is 13.6. The summed E-state index contributed by atoms with van der Waals surface area (Å²) >= 11 is 0. The topological polar surface area (TPSA) is 88.2 Å². The van der Waals surface area contributed by atoms with Gasteiger partial charge in [-0.1, -0.05) is 30.3 Å². The molecule has 8 nitrogen and oxygen atoms in total. The van der Waals surface area contributed by atoms with Crippen molar-refractivity contribution in [3.8, 4) is 5.75 Å². The molecule has 0 unspecified atom stereocenters. The summed E-state index contributed by atoms with van der Waals surface area (Å²) in [5, 5.41) is 4.38. The number of nitrogens with one attached hydrogen (secondary N) is 1. The van der Waals surface area contributed by atoms with E-state index in [1.807, 2.05) is 42.5 Å². The van der Waals surface area contributed by atoms with E-state index in [0.29, 0.717) is 17.1 Å². The number of imide groups is 1. The van der Waals surface area contributed by atoms with Crippen LogP contribution in [0.4, 0.5) is 17.1 Å². The van der Waals surface area contributed by atoms with Crippen molar-refractivity contribution in [1.82, 2.24) is 0 Å². The van der Waals surface area contributed by atoms with E-state index >= 15 is 0 Å². The zero-order valence-corrected chi connectivity index (χ0v) is 18.7. The number of hydrogen-bond donors (Lipinski definition) is 1. The Kier molecular flexibility index (Phi) is 5.51. The van der Waals surface area contributed by atoms with E-state index in [-0.39, 0.29) is 11.8 Å². The zero-order valence-electron chi connectivity index (χ0n) is 18.7. The van der Waals surface area contributed by atoms with Gasteiger partial charge in [-0.2, -0.15) is 0 Å². The van der Waals surface area contributed by atoms with Crippen LogP contribution in [0.25, 0.3) is 0 Å². The molecule has 3 aromatic carbocycles. The zero-order chi connectivity index (χ0) is 23.8. The van der Waals surface area contributed by atoms with Crippen LogP contribution in [0.5, 0.6) is 5.75 Å². The Morgan fingerprint density at radius 1 is 0.882 bits per heavy atom. The molecule has 8 heteroatoms. The number of nitrogens with zero attached hydrogens (tertiary/aromatic N) is 2. The predicted octanol–water partition coefficient (Wildman–Crippen LogP) is 3.70. The summed E-state index contributed by atoms with van der Waals surface area (Å²) in [6, 6.07) is 22.8. The molecular formula is C26H23N3O5. The molecular weight excluding hydrogens is 434 g/mol. The van der Waals surface area contributed by atoms with Crippen LogP contribution in [0.15, 0.2) is 78.9 Å². The van der Waals surface area contributed by atoms with Crippen molar-refractivity contribution in [3.05, 3.63) is 84.4 Å². The number of ether oxygens (including phenoxy) is 1. The number of hydroxylamine groups is 1. The third kappa shape index (κ3) is 3.68. The molecule has 2 aliphatic heterocycles. The predicted molar refractivity (Wildman–Crippen MR) is 126 cm³/mol. The second-order valence-electron chi connectivity index (χ2n) is 8.17. The highest BCUT2D eigenvalue weighted by atomic mass is 16.7. The molecule has 2 saturated heterocycles. The number of fused-ring (bicyclic) bond motifs is 1. The van der Waals surface area contributed by atoms with E-state index < -0.39 is 24.0 Å². The summed E-state index contributed by atoms with van der Waals surface area (Å²) in [7, 11) is 1.55. The molecule has 3 amide bonds. The molecule has 3 atom stereocenters. The summed E-state index contributed by atoms with van der Waals surface area (Å²) in [6.07, 6.45) is -0.949. The van der Waals surface area contributed by atoms with Gasteiger partial charge < -0.3 is 10.1 Å². The highest BCUT2D eigenvalue weighted by molar-refractivity contribution is 6.24. The van der Waals surface area contributed by atoms with Gasteiger partial charge in [0.15, 0.2) is 6.10 Å². The molecule has 172 valence electrons. The number of carbonyl (C=O) groups is 3. The van der Waals surface area contributed by atoms with Crippen LogP contribution >= 0.6 is 0 Å². The number of hydrogen-bond acceptors (Lipinski definition) is 6. The number of rotatable bonds is 5. The minimum Gasteiger partial charge on any atom is -0.497 e. The Morgan fingerprint density at radius 3 is 2.18 bits per heavy atom. The number of anilines is 3. The van der Waals surface area contributed by atoms with Gasteiger partial charge in [-0.15, -0.1) is 0 Å². The Labute approximate surface area is 196 Å². The van der Waals surface area contributed by atoms with Crippen LogP contribution in [0.2, 0.25) is 0 Å². The van der Waals surface area contributed by atoms with Gasteiger partial charge in [-0.25, -0.2) is 9.96 Å². The van der Waals surface area contributed by atoms with Crippen molar-refractivity contribution < 1.29 is 24.0 Å². The van der Waals surface area contributed by atoms with E-state index in [2.05, 4.69) is 5.32 Å². The average Bonchev–Trinajstić information content (AvgIpc) is 3.36. The second-order valence-corrected chi connectivity index (χ2v) is 8.17. The quantitative estimate of drug-likeness (QED) is 0.588. The van der Waals surface area contributed by atoms with Crippen LogP contribution < -0.4 is 20.0 Å². The Hall–Kier alpha value is -4.17. The van der Waals surface area contributed by atoms with Crippen LogP contribution in [-0.2, 0) is 19.2 Å². The first-order valence-electron chi connectivity index (χ1n) is 10.9. The van der Waals surface area contributed by atoms with E-state index in [9.17, 15) is 14.4 Å². The monoisotopic (exact) mass is 457 g/mol. The van der Waals surface area contributed by atoms with Crippen LogP contribution in [0.1, 0.15) is 18.5 Å². The van der Waals surface area contributed by atoms with Crippen molar-refractivity contribution in [2.24, 2.45) is 5.92 Å². The van der Waals surface area contributed by atoms with Gasteiger partial charge >= 0.3 is 0 Å². The summed E-state index contributed by atoms with van der Waals surface area (Å²) < 4.78 is 5.19. The summed E-state index contributed by atoms with van der Waals surface area (Å²) in [5.41, 5.74) is 2.65. The molecule has 34 heavy (non-hydrogen) atoms. The van der Waals surface area contributed by atoms with Crippen LogP contribution in [0.3, 0.4) is 0 Å². The molecule has 0 bridgehead atoms. The first-order valence-corrected chi connectivity index (χ1v) is 10.9. The van der Waals surface area contributed by atoms with Gasteiger partial charge in [0.1, 0.15) is 11.7 Å². The third-order valence-corrected chi connectivity index (χ3v) is 6.03. The fraction of sp³-hybridized carbons (Fsp3) is 0.192. The smallest absolute Gasteiger partial charge is 0.266 e. The largest absolute Gasteiger partial charge is 0.497 e. The number of benzene rings is 3. The molecule has 3 aromatic rings. The SMILES string of the molecule is COc1ccc(N2C(=O)[C@@H]3[C@@H](ON(c4ccccc4)[C@H]3c3ccc(NC(C)=O)cc3)C2=O)cc1. The summed E-state index contributed by atoms with van der Waals surface area (Å²) in [4.78, 5) is 45.7. The standard InChI is InChI=1S/C26H23N3O5/c1-16(30)27-18-10-8-17(9-11-18)23-22-24(34-29(23)20-6-4-3-5-7-20)26(32)28(25(22)31)19-12-14-21(33-2)15-13-19/h3-15,22-24H,1-2H3,(H,27,30)/t22-,23-,24+/m0/s1. The maximum Gasteiger partial charge on any atom is 0.266 e. The molecule has 2 heterocycles. The summed E-state index contributed by atoms with van der Waals surface area (Å²) in [5.74, 6) is -1.00. The lowest BCUT2D eigenvalue weighted by Crippen LogP contribution is -2.37. The molecule has 0 saturated carbocycles. The normalized spacial score (nSPS) is 21.5. The first kappa shape index (κ1) is 21.7. The second kappa shape index (κ2) is 8.64. The number of amides is 3.